The van der Waals surface area contributed by atoms with Crippen LogP contribution in [0, 0.1) is 5.92 Å². The predicted molar refractivity (Wildman–Crippen MR) is 95.3 cm³/mol. The van der Waals surface area contributed by atoms with E-state index in [1.165, 1.54) is 36.1 Å². The Labute approximate surface area is 135 Å². The molecule has 1 atom stereocenters. The minimum absolute atomic E-state index is 0.588. The van der Waals surface area contributed by atoms with E-state index < -0.39 is 0 Å². The average molecular weight is 306 g/mol. The topological polar surface area (TPSA) is 12.4 Å². The van der Waals surface area contributed by atoms with Crippen molar-refractivity contribution in [3.05, 3.63) is 46.6 Å². The van der Waals surface area contributed by atoms with Gasteiger partial charge in [0.1, 0.15) is 0 Å². The predicted octanol–water partition coefficient (Wildman–Crippen LogP) is 6.46. The number of aliphatic imine (C=N–C) groups is 1. The van der Waals surface area contributed by atoms with Gasteiger partial charge in [0.15, 0.2) is 0 Å². The summed E-state index contributed by atoms with van der Waals surface area (Å²) in [5.41, 5.74) is 3.89. The number of hydrogen-bond acceptors (Lipinski definition) is 1. The van der Waals surface area contributed by atoms with E-state index in [9.17, 15) is 0 Å². The van der Waals surface area contributed by atoms with Crippen LogP contribution < -0.4 is 0 Å². The first-order chi connectivity index (χ1) is 10.0. The molecule has 1 aromatic rings. The van der Waals surface area contributed by atoms with Crippen molar-refractivity contribution in [2.75, 3.05) is 0 Å². The van der Waals surface area contributed by atoms with Crippen molar-refractivity contribution >= 4 is 17.3 Å². The van der Waals surface area contributed by atoms with Crippen molar-refractivity contribution in [1.29, 1.82) is 0 Å². The molecule has 0 aliphatic rings. The highest BCUT2D eigenvalue weighted by Gasteiger charge is 2.04. The standard InChI is InChI=1S/C19H28ClN/c1-5-6-7-16(3)17(4)21-14-15(2)8-9-18-10-12-19(20)13-11-18/h10-14,16H,5-9H2,1-4H3/b15-14+,21-17?. The largest absolute Gasteiger partial charge is 0.266 e. The molecule has 0 amide bonds. The van der Waals surface area contributed by atoms with Gasteiger partial charge in [-0.25, -0.2) is 0 Å². The molecule has 0 saturated heterocycles. The van der Waals surface area contributed by atoms with Gasteiger partial charge in [0.25, 0.3) is 0 Å². The van der Waals surface area contributed by atoms with Gasteiger partial charge in [-0.1, -0.05) is 56.0 Å². The summed E-state index contributed by atoms with van der Waals surface area (Å²) in [6, 6.07) is 8.09. The van der Waals surface area contributed by atoms with Crippen molar-refractivity contribution in [2.24, 2.45) is 10.9 Å². The van der Waals surface area contributed by atoms with Crippen LogP contribution in [0.2, 0.25) is 5.02 Å². The smallest absolute Gasteiger partial charge is 0.0406 e. The van der Waals surface area contributed by atoms with Gasteiger partial charge in [-0.15, -0.1) is 0 Å². The summed E-state index contributed by atoms with van der Waals surface area (Å²) in [4.78, 5) is 4.64. The molecule has 0 aliphatic carbocycles. The normalized spacial score (nSPS) is 14.3. The highest BCUT2D eigenvalue weighted by molar-refractivity contribution is 6.30. The van der Waals surface area contributed by atoms with Crippen LogP contribution in [0.15, 0.2) is 41.0 Å². The van der Waals surface area contributed by atoms with Crippen LogP contribution in [0.1, 0.15) is 58.9 Å². The van der Waals surface area contributed by atoms with Gasteiger partial charge in [-0.05, 0) is 56.7 Å². The van der Waals surface area contributed by atoms with Crippen molar-refractivity contribution in [2.45, 2.75) is 59.8 Å². The van der Waals surface area contributed by atoms with E-state index in [-0.39, 0.29) is 0 Å². The van der Waals surface area contributed by atoms with Gasteiger partial charge in [0.05, 0.1) is 0 Å². The Morgan fingerprint density at radius 3 is 2.52 bits per heavy atom. The summed E-state index contributed by atoms with van der Waals surface area (Å²) >= 11 is 5.90. The monoisotopic (exact) mass is 305 g/mol. The van der Waals surface area contributed by atoms with Crippen molar-refractivity contribution in [3.63, 3.8) is 0 Å². The number of benzene rings is 1. The van der Waals surface area contributed by atoms with E-state index in [1.807, 2.05) is 18.3 Å². The van der Waals surface area contributed by atoms with Crippen LogP contribution in [0.4, 0.5) is 0 Å². The second-order valence-electron chi connectivity index (χ2n) is 5.92. The maximum absolute atomic E-state index is 5.90. The minimum atomic E-state index is 0.588. The van der Waals surface area contributed by atoms with E-state index in [0.717, 1.165) is 17.9 Å². The molecule has 116 valence electrons. The minimum Gasteiger partial charge on any atom is -0.266 e. The summed E-state index contributed by atoms with van der Waals surface area (Å²) in [6.45, 7) is 8.80. The van der Waals surface area contributed by atoms with Crippen LogP contribution in [-0.4, -0.2) is 5.71 Å². The molecule has 1 aromatic carbocycles. The van der Waals surface area contributed by atoms with Crippen LogP contribution in [-0.2, 0) is 6.42 Å². The lowest BCUT2D eigenvalue weighted by atomic mass is 10.00. The summed E-state index contributed by atoms with van der Waals surface area (Å²) in [7, 11) is 0. The van der Waals surface area contributed by atoms with Crippen LogP contribution in [0.25, 0.3) is 0 Å². The number of nitrogens with zero attached hydrogens (tertiary/aromatic N) is 1. The zero-order chi connectivity index (χ0) is 15.7. The molecule has 0 saturated carbocycles. The number of rotatable bonds is 8. The first kappa shape index (κ1) is 18.0. The van der Waals surface area contributed by atoms with Gasteiger partial charge in [0, 0.05) is 16.9 Å². The molecule has 1 nitrogen and oxygen atoms in total. The first-order valence-corrected chi connectivity index (χ1v) is 8.35. The maximum atomic E-state index is 5.90. The number of aryl methyl sites for hydroxylation is 1. The molecule has 0 N–H and O–H groups in total. The molecule has 1 unspecified atom stereocenters. The molecule has 0 aromatic heterocycles. The number of allylic oxidation sites excluding steroid dienone is 1. The molecule has 0 heterocycles. The zero-order valence-corrected chi connectivity index (χ0v) is 14.6. The summed E-state index contributed by atoms with van der Waals surface area (Å²) < 4.78 is 0. The lowest BCUT2D eigenvalue weighted by Crippen LogP contribution is -2.06. The van der Waals surface area contributed by atoms with E-state index in [0.29, 0.717) is 5.92 Å². The SMILES string of the molecule is CCCCC(C)C(C)=N/C=C(\C)CCc1ccc(Cl)cc1. The Morgan fingerprint density at radius 2 is 1.90 bits per heavy atom. The third-order valence-corrected chi connectivity index (χ3v) is 4.17. The molecule has 0 aliphatic heterocycles. The molecule has 21 heavy (non-hydrogen) atoms. The van der Waals surface area contributed by atoms with Gasteiger partial charge < -0.3 is 0 Å². The summed E-state index contributed by atoms with van der Waals surface area (Å²) in [6.07, 6.45) is 7.90. The molecule has 1 rings (SSSR count). The van der Waals surface area contributed by atoms with Crippen LogP contribution in [0.3, 0.4) is 0 Å². The third kappa shape index (κ3) is 7.47. The van der Waals surface area contributed by atoms with Gasteiger partial charge in [-0.3, -0.25) is 4.99 Å². The number of unbranched alkanes of at least 4 members (excludes halogenated alkanes) is 1. The first-order valence-electron chi connectivity index (χ1n) is 7.97. The van der Waals surface area contributed by atoms with E-state index >= 15 is 0 Å². The fourth-order valence-electron chi connectivity index (χ4n) is 2.12. The Kier molecular flexibility index (Phi) is 8.37. The Bertz CT molecular complexity index is 471. The van der Waals surface area contributed by atoms with Crippen molar-refractivity contribution in [1.82, 2.24) is 0 Å². The molecule has 0 radical (unpaired) electrons. The fourth-order valence-corrected chi connectivity index (χ4v) is 2.24. The zero-order valence-electron chi connectivity index (χ0n) is 13.8. The van der Waals surface area contributed by atoms with E-state index in [1.54, 1.807) is 0 Å². The third-order valence-electron chi connectivity index (χ3n) is 3.91. The van der Waals surface area contributed by atoms with Gasteiger partial charge >= 0.3 is 0 Å². The summed E-state index contributed by atoms with van der Waals surface area (Å²) in [5.74, 6) is 0.588. The van der Waals surface area contributed by atoms with Crippen LogP contribution in [0.5, 0.6) is 0 Å². The lowest BCUT2D eigenvalue weighted by molar-refractivity contribution is 0.622. The van der Waals surface area contributed by atoms with E-state index in [2.05, 4.69) is 44.8 Å². The maximum Gasteiger partial charge on any atom is 0.0406 e. The highest BCUT2D eigenvalue weighted by atomic mass is 35.5. The van der Waals surface area contributed by atoms with Crippen molar-refractivity contribution in [3.8, 4) is 0 Å². The van der Waals surface area contributed by atoms with Crippen molar-refractivity contribution < 1.29 is 0 Å². The van der Waals surface area contributed by atoms with Gasteiger partial charge in [-0.2, -0.15) is 0 Å². The lowest BCUT2D eigenvalue weighted by Gasteiger charge is -2.09. The number of halogens is 1. The molecule has 0 spiro atoms. The number of hydrogen-bond donors (Lipinski definition) is 0. The summed E-state index contributed by atoms with van der Waals surface area (Å²) in [5, 5.41) is 0.798. The average Bonchev–Trinajstić information content (AvgIpc) is 2.49. The Morgan fingerprint density at radius 1 is 1.24 bits per heavy atom. The molecular formula is C19H28ClN. The second kappa shape index (κ2) is 9.78. The van der Waals surface area contributed by atoms with E-state index in [4.69, 9.17) is 11.6 Å². The molecular weight excluding hydrogens is 278 g/mol. The quantitative estimate of drug-likeness (QED) is 0.488. The molecule has 0 fully saturated rings. The second-order valence-corrected chi connectivity index (χ2v) is 6.35. The molecule has 0 bridgehead atoms. The Hall–Kier alpha value is -1.08. The molecule has 2 heteroatoms. The van der Waals surface area contributed by atoms with Gasteiger partial charge in [0.2, 0.25) is 0 Å². The fraction of sp³-hybridized carbons (Fsp3) is 0.526. The highest BCUT2D eigenvalue weighted by Crippen LogP contribution is 2.14. The Balaban J connectivity index is 2.46. The van der Waals surface area contributed by atoms with Crippen LogP contribution >= 0.6 is 11.6 Å².